The number of thioether (sulfide) groups is 1. The summed E-state index contributed by atoms with van der Waals surface area (Å²) in [5.74, 6) is -0.566. The fraction of sp³-hybridized carbons (Fsp3) is 0.462. The molecule has 4 nitrogen and oxygen atoms in total. The van der Waals surface area contributed by atoms with Crippen molar-refractivity contribution in [3.63, 3.8) is 0 Å². The highest BCUT2D eigenvalue weighted by atomic mass is 32.2. The summed E-state index contributed by atoms with van der Waals surface area (Å²) >= 11 is 1.06. The first kappa shape index (κ1) is 16.0. The second-order valence-corrected chi connectivity index (χ2v) is 5.58. The molecule has 0 spiro atoms. The number of nitrogens with two attached hydrogens (primary N) is 1. The van der Waals surface area contributed by atoms with E-state index in [4.69, 9.17) is 10.5 Å². The molecule has 2 unspecified atom stereocenters. The first-order valence-electron chi connectivity index (χ1n) is 6.17. The van der Waals surface area contributed by atoms with Crippen molar-refractivity contribution in [3.8, 4) is 5.75 Å². The zero-order valence-corrected chi connectivity index (χ0v) is 12.3. The number of carbonyl (C=O) groups is 1. The largest absolute Gasteiger partial charge is 0.496 e. The van der Waals surface area contributed by atoms with Crippen molar-refractivity contribution in [1.82, 2.24) is 5.32 Å². The molecule has 0 saturated heterocycles. The lowest BCUT2D eigenvalue weighted by Crippen LogP contribution is -2.30. The van der Waals surface area contributed by atoms with Crippen molar-refractivity contribution >= 4 is 17.7 Å². The van der Waals surface area contributed by atoms with Gasteiger partial charge >= 0.3 is 6.18 Å². The van der Waals surface area contributed by atoms with Crippen molar-refractivity contribution in [2.75, 3.05) is 13.4 Å². The van der Waals surface area contributed by atoms with Crippen molar-refractivity contribution in [3.05, 3.63) is 23.3 Å². The fourth-order valence-electron chi connectivity index (χ4n) is 1.92. The van der Waals surface area contributed by atoms with Crippen LogP contribution in [0.2, 0.25) is 0 Å². The molecule has 1 aromatic carbocycles. The summed E-state index contributed by atoms with van der Waals surface area (Å²) in [7, 11) is 1.24. The van der Waals surface area contributed by atoms with Gasteiger partial charge in [-0.25, -0.2) is 0 Å². The Morgan fingerprint density at radius 3 is 2.52 bits per heavy atom. The molecule has 1 amide bonds. The molecule has 3 N–H and O–H groups in total. The molecule has 8 heteroatoms. The average molecular weight is 320 g/mol. The van der Waals surface area contributed by atoms with Crippen molar-refractivity contribution in [2.45, 2.75) is 29.6 Å². The van der Waals surface area contributed by atoms with E-state index >= 15 is 0 Å². The maximum atomic E-state index is 12.8. The summed E-state index contributed by atoms with van der Waals surface area (Å²) in [6.07, 6.45) is -2.22. The molecule has 1 aliphatic carbocycles. The van der Waals surface area contributed by atoms with Gasteiger partial charge in [0, 0.05) is 17.0 Å². The van der Waals surface area contributed by atoms with Crippen LogP contribution in [0.4, 0.5) is 13.2 Å². The second kappa shape index (κ2) is 5.76. The maximum Gasteiger partial charge on any atom is 0.416 e. The topological polar surface area (TPSA) is 64.3 Å². The van der Waals surface area contributed by atoms with Gasteiger partial charge in [-0.2, -0.15) is 13.2 Å². The molecule has 0 aromatic heterocycles. The molecule has 0 aliphatic heterocycles. The summed E-state index contributed by atoms with van der Waals surface area (Å²) in [5, 5.41) is 2.69. The third-order valence-corrected chi connectivity index (χ3v) is 3.98. The predicted octanol–water partition coefficient (Wildman–Crippen LogP) is 2.27. The van der Waals surface area contributed by atoms with Gasteiger partial charge in [-0.1, -0.05) is 0 Å². The van der Waals surface area contributed by atoms with E-state index in [9.17, 15) is 18.0 Å². The zero-order chi connectivity index (χ0) is 15.8. The molecular formula is C13H15F3N2O2S. The zero-order valence-electron chi connectivity index (χ0n) is 11.5. The van der Waals surface area contributed by atoms with Gasteiger partial charge in [0.2, 0.25) is 0 Å². The average Bonchev–Trinajstić information content (AvgIpc) is 3.11. The Kier molecular flexibility index (Phi) is 4.38. The normalized spacial score (nSPS) is 21.0. The summed E-state index contributed by atoms with van der Waals surface area (Å²) in [6.45, 7) is 0. The first-order chi connectivity index (χ1) is 9.77. The number of benzene rings is 1. The van der Waals surface area contributed by atoms with Crippen LogP contribution in [0.25, 0.3) is 0 Å². The predicted molar refractivity (Wildman–Crippen MR) is 73.6 cm³/mol. The highest BCUT2D eigenvalue weighted by molar-refractivity contribution is 7.98. The summed E-state index contributed by atoms with van der Waals surface area (Å²) in [5.41, 5.74) is 4.88. The van der Waals surface area contributed by atoms with E-state index in [-0.39, 0.29) is 28.3 Å². The molecule has 0 heterocycles. The van der Waals surface area contributed by atoms with E-state index < -0.39 is 17.6 Å². The lowest BCUT2D eigenvalue weighted by molar-refractivity contribution is -0.137. The van der Waals surface area contributed by atoms with Gasteiger partial charge in [0.1, 0.15) is 5.75 Å². The number of nitrogens with one attached hydrogen (secondary N) is 1. The first-order valence-corrected chi connectivity index (χ1v) is 7.40. The van der Waals surface area contributed by atoms with Crippen LogP contribution in [0.3, 0.4) is 0 Å². The summed E-state index contributed by atoms with van der Waals surface area (Å²) in [6, 6.07) is 1.57. The number of alkyl halides is 3. The number of carbonyl (C=O) groups excluding carboxylic acids is 1. The van der Waals surface area contributed by atoms with Crippen LogP contribution in [0.15, 0.2) is 17.0 Å². The van der Waals surface area contributed by atoms with E-state index in [2.05, 4.69) is 5.32 Å². The van der Waals surface area contributed by atoms with Crippen LogP contribution >= 0.6 is 11.8 Å². The van der Waals surface area contributed by atoms with Crippen LogP contribution < -0.4 is 15.8 Å². The number of amides is 1. The van der Waals surface area contributed by atoms with Gasteiger partial charge in [0.05, 0.1) is 18.2 Å². The Hall–Kier alpha value is -1.41. The van der Waals surface area contributed by atoms with E-state index in [1.54, 1.807) is 6.26 Å². The Morgan fingerprint density at radius 1 is 1.48 bits per heavy atom. The quantitative estimate of drug-likeness (QED) is 0.835. The standard InChI is InChI=1S/C13H15F3N2O2S/c1-20-9-3-6(13(14,15)16)4-10(21-2)11(9)12(19)18-8-5-7(8)17/h3-4,7-8H,5,17H2,1-2H3,(H,18,19). The van der Waals surface area contributed by atoms with E-state index in [1.807, 2.05) is 0 Å². The Balaban J connectivity index is 2.41. The molecule has 1 aromatic rings. The van der Waals surface area contributed by atoms with Gasteiger partial charge in [-0.3, -0.25) is 4.79 Å². The number of halogens is 3. The molecular weight excluding hydrogens is 305 g/mol. The molecule has 21 heavy (non-hydrogen) atoms. The Labute approximate surface area is 124 Å². The minimum absolute atomic E-state index is 0.0906. The third kappa shape index (κ3) is 3.44. The van der Waals surface area contributed by atoms with Crippen molar-refractivity contribution < 1.29 is 22.7 Å². The van der Waals surface area contributed by atoms with E-state index in [1.165, 1.54) is 7.11 Å². The van der Waals surface area contributed by atoms with Gasteiger partial charge in [0.15, 0.2) is 0 Å². The molecule has 2 atom stereocenters. The molecule has 0 radical (unpaired) electrons. The highest BCUT2D eigenvalue weighted by Crippen LogP contribution is 2.38. The molecule has 1 fully saturated rings. The number of hydrogen-bond donors (Lipinski definition) is 2. The van der Waals surface area contributed by atoms with E-state index in [0.29, 0.717) is 6.42 Å². The smallest absolute Gasteiger partial charge is 0.416 e. The van der Waals surface area contributed by atoms with Gasteiger partial charge in [-0.15, -0.1) is 11.8 Å². The third-order valence-electron chi connectivity index (χ3n) is 3.22. The van der Waals surface area contributed by atoms with Crippen LogP contribution in [0.1, 0.15) is 22.3 Å². The molecule has 116 valence electrons. The number of methoxy groups -OCH3 is 1. The molecule has 1 aliphatic rings. The number of hydrogen-bond acceptors (Lipinski definition) is 4. The van der Waals surface area contributed by atoms with Gasteiger partial charge < -0.3 is 15.8 Å². The van der Waals surface area contributed by atoms with Crippen LogP contribution in [0, 0.1) is 0 Å². The minimum atomic E-state index is -4.49. The Morgan fingerprint density at radius 2 is 2.10 bits per heavy atom. The monoisotopic (exact) mass is 320 g/mol. The molecule has 1 saturated carbocycles. The van der Waals surface area contributed by atoms with Crippen LogP contribution in [-0.4, -0.2) is 31.4 Å². The lowest BCUT2D eigenvalue weighted by atomic mass is 10.1. The van der Waals surface area contributed by atoms with Crippen LogP contribution in [0.5, 0.6) is 5.75 Å². The van der Waals surface area contributed by atoms with Crippen molar-refractivity contribution in [2.24, 2.45) is 5.73 Å². The SMILES string of the molecule is COc1cc(C(F)(F)F)cc(SC)c1C(=O)NC1CC1N. The van der Waals surface area contributed by atoms with Gasteiger partial charge in [-0.05, 0) is 24.8 Å². The summed E-state index contributed by atoms with van der Waals surface area (Å²) in [4.78, 5) is 12.4. The minimum Gasteiger partial charge on any atom is -0.496 e. The van der Waals surface area contributed by atoms with Gasteiger partial charge in [0.25, 0.3) is 5.91 Å². The summed E-state index contributed by atoms with van der Waals surface area (Å²) < 4.78 is 43.5. The maximum absolute atomic E-state index is 12.8. The van der Waals surface area contributed by atoms with Crippen LogP contribution in [-0.2, 0) is 6.18 Å². The van der Waals surface area contributed by atoms with E-state index in [0.717, 1.165) is 23.9 Å². The fourth-order valence-corrected chi connectivity index (χ4v) is 2.56. The Bertz CT molecular complexity index is 538. The number of ether oxygens (including phenoxy) is 1. The lowest BCUT2D eigenvalue weighted by Gasteiger charge is -2.16. The highest BCUT2D eigenvalue weighted by Gasteiger charge is 2.37. The molecule has 2 rings (SSSR count). The van der Waals surface area contributed by atoms with Crippen molar-refractivity contribution in [1.29, 1.82) is 0 Å². The number of rotatable bonds is 4. The second-order valence-electron chi connectivity index (χ2n) is 4.73. The molecule has 0 bridgehead atoms.